The first-order valence-electron chi connectivity index (χ1n) is 3.05. The third-order valence-electron chi connectivity index (χ3n) is 1.15. The van der Waals surface area contributed by atoms with Crippen molar-refractivity contribution in [2.75, 3.05) is 11.5 Å². The Hall–Kier alpha value is 1.38. The molecule has 4 nitrogen and oxygen atoms in total. The summed E-state index contributed by atoms with van der Waals surface area (Å²) in [6, 6.07) is 0. The number of carboxylic acids is 2. The summed E-state index contributed by atoms with van der Waals surface area (Å²) in [6.45, 7) is 0. The standard InChI is InChI=1S/C6H6O4S2.2Na/c7-5(8)3-4(6(9)10)12-2-1-11-3;;/h1-2H2,(H,7,8)(H,9,10);;/q;2*+1/p-2. The van der Waals surface area contributed by atoms with Gasteiger partial charge in [-0.2, -0.15) is 0 Å². The minimum absolute atomic E-state index is 0. The number of aliphatic carboxylic acids is 2. The van der Waals surface area contributed by atoms with Gasteiger partial charge in [0.1, 0.15) is 0 Å². The zero-order valence-electron chi connectivity index (χ0n) is 7.86. The van der Waals surface area contributed by atoms with E-state index in [9.17, 15) is 19.8 Å². The monoisotopic (exact) mass is 250 g/mol. The van der Waals surface area contributed by atoms with Gasteiger partial charge < -0.3 is 19.8 Å². The first-order chi connectivity index (χ1) is 5.63. The number of hydrogen-bond donors (Lipinski definition) is 0. The van der Waals surface area contributed by atoms with Gasteiger partial charge in [-0.3, -0.25) is 0 Å². The average Bonchev–Trinajstić information content (AvgIpc) is 2.04. The van der Waals surface area contributed by atoms with Crippen molar-refractivity contribution in [2.45, 2.75) is 0 Å². The number of carboxylic acid groups (broad SMARTS) is 2. The number of carbonyl (C=O) groups excluding carboxylic acids is 2. The molecule has 0 aromatic carbocycles. The maximum absolute atomic E-state index is 10.4. The van der Waals surface area contributed by atoms with Crippen LogP contribution in [0.3, 0.4) is 0 Å². The molecule has 66 valence electrons. The number of rotatable bonds is 2. The average molecular weight is 250 g/mol. The number of hydrogen-bond acceptors (Lipinski definition) is 6. The van der Waals surface area contributed by atoms with Gasteiger partial charge in [0.25, 0.3) is 0 Å². The van der Waals surface area contributed by atoms with Gasteiger partial charge in [0, 0.05) is 21.3 Å². The minimum Gasteiger partial charge on any atom is -0.544 e. The fraction of sp³-hybridized carbons (Fsp3) is 0.333. The molecule has 0 spiro atoms. The van der Waals surface area contributed by atoms with Gasteiger partial charge in [0.2, 0.25) is 0 Å². The Morgan fingerprint density at radius 1 is 0.929 bits per heavy atom. The van der Waals surface area contributed by atoms with E-state index in [-0.39, 0.29) is 68.9 Å². The SMILES string of the molecule is O=C([O-])C1=C(C(=O)[O-])SCCS1.[Na+].[Na+]. The molecule has 0 aliphatic carbocycles. The molecule has 0 fully saturated rings. The molecular weight excluding hydrogens is 246 g/mol. The molecule has 0 aromatic rings. The van der Waals surface area contributed by atoms with Crippen LogP contribution in [0, 0.1) is 0 Å². The van der Waals surface area contributed by atoms with Crippen LogP contribution in [0.1, 0.15) is 0 Å². The Morgan fingerprint density at radius 3 is 1.43 bits per heavy atom. The molecule has 1 heterocycles. The summed E-state index contributed by atoms with van der Waals surface area (Å²) in [5.74, 6) is -1.70. The van der Waals surface area contributed by atoms with Gasteiger partial charge in [0.05, 0.1) is 11.9 Å². The van der Waals surface area contributed by atoms with Crippen molar-refractivity contribution >= 4 is 35.5 Å². The molecule has 0 saturated carbocycles. The first-order valence-corrected chi connectivity index (χ1v) is 5.02. The second-order valence-corrected chi connectivity index (χ2v) is 4.14. The fourth-order valence-corrected chi connectivity index (χ4v) is 2.81. The van der Waals surface area contributed by atoms with Gasteiger partial charge in [-0.1, -0.05) is 0 Å². The van der Waals surface area contributed by atoms with Gasteiger partial charge in [-0.15, -0.1) is 23.5 Å². The van der Waals surface area contributed by atoms with Crippen molar-refractivity contribution < 1.29 is 78.9 Å². The van der Waals surface area contributed by atoms with Crippen LogP contribution in [0.2, 0.25) is 0 Å². The molecule has 8 heteroatoms. The van der Waals surface area contributed by atoms with Crippen LogP contribution in [0.4, 0.5) is 0 Å². The molecule has 0 radical (unpaired) electrons. The van der Waals surface area contributed by atoms with Crippen LogP contribution in [0.25, 0.3) is 0 Å². The Bertz CT molecular complexity index is 241. The summed E-state index contributed by atoms with van der Waals surface area (Å²) in [7, 11) is 0. The Kier molecular flexibility index (Phi) is 10.8. The van der Waals surface area contributed by atoms with Crippen molar-refractivity contribution in [2.24, 2.45) is 0 Å². The van der Waals surface area contributed by atoms with Gasteiger partial charge in [-0.05, 0) is 0 Å². The van der Waals surface area contributed by atoms with Crippen molar-refractivity contribution in [1.29, 1.82) is 0 Å². The van der Waals surface area contributed by atoms with Gasteiger partial charge in [0.15, 0.2) is 0 Å². The molecule has 0 unspecified atom stereocenters. The van der Waals surface area contributed by atoms with Crippen LogP contribution < -0.4 is 69.3 Å². The van der Waals surface area contributed by atoms with Crippen LogP contribution in [0.15, 0.2) is 9.81 Å². The van der Waals surface area contributed by atoms with Crippen LogP contribution >= 0.6 is 23.5 Å². The molecule has 1 aliphatic heterocycles. The zero-order valence-corrected chi connectivity index (χ0v) is 13.5. The first kappa shape index (κ1) is 17.8. The molecular formula is C6H4Na2O4S2. The van der Waals surface area contributed by atoms with Crippen molar-refractivity contribution in [3.8, 4) is 0 Å². The van der Waals surface area contributed by atoms with E-state index in [1.54, 1.807) is 0 Å². The molecule has 0 atom stereocenters. The second kappa shape index (κ2) is 8.52. The van der Waals surface area contributed by atoms with Gasteiger partial charge in [-0.25, -0.2) is 0 Å². The summed E-state index contributed by atoms with van der Waals surface area (Å²) in [6.07, 6.45) is 0. The summed E-state index contributed by atoms with van der Waals surface area (Å²) >= 11 is 1.97. The van der Waals surface area contributed by atoms with Crippen LogP contribution in [-0.2, 0) is 9.59 Å². The number of thioether (sulfide) groups is 2. The van der Waals surface area contributed by atoms with E-state index in [0.29, 0.717) is 11.5 Å². The van der Waals surface area contributed by atoms with Gasteiger partial charge >= 0.3 is 59.1 Å². The van der Waals surface area contributed by atoms with E-state index in [0.717, 1.165) is 23.5 Å². The van der Waals surface area contributed by atoms with E-state index < -0.39 is 11.9 Å². The summed E-state index contributed by atoms with van der Waals surface area (Å²) in [5, 5.41) is 20.7. The van der Waals surface area contributed by atoms with E-state index in [1.807, 2.05) is 0 Å². The van der Waals surface area contributed by atoms with E-state index in [1.165, 1.54) is 0 Å². The van der Waals surface area contributed by atoms with Crippen LogP contribution in [-0.4, -0.2) is 23.4 Å². The zero-order chi connectivity index (χ0) is 9.14. The molecule has 1 rings (SSSR count). The predicted octanol–water partition coefficient (Wildman–Crippen LogP) is -7.81. The smallest absolute Gasteiger partial charge is 0.544 e. The maximum atomic E-state index is 10.4. The molecule has 0 saturated heterocycles. The maximum Gasteiger partial charge on any atom is 1.00 e. The van der Waals surface area contributed by atoms with Crippen molar-refractivity contribution in [1.82, 2.24) is 0 Å². The molecule has 14 heavy (non-hydrogen) atoms. The fourth-order valence-electron chi connectivity index (χ4n) is 0.722. The molecule has 0 amide bonds. The Labute approximate surface area is 134 Å². The molecule has 0 N–H and O–H groups in total. The molecule has 0 aromatic heterocycles. The van der Waals surface area contributed by atoms with E-state index in [2.05, 4.69) is 0 Å². The second-order valence-electron chi connectivity index (χ2n) is 1.93. The van der Waals surface area contributed by atoms with Crippen molar-refractivity contribution in [3.05, 3.63) is 9.81 Å². The van der Waals surface area contributed by atoms with E-state index in [4.69, 9.17) is 0 Å². The molecule has 0 bridgehead atoms. The van der Waals surface area contributed by atoms with Crippen LogP contribution in [0.5, 0.6) is 0 Å². The number of carbonyl (C=O) groups is 2. The molecule has 1 aliphatic rings. The van der Waals surface area contributed by atoms with E-state index >= 15 is 0 Å². The quantitative estimate of drug-likeness (QED) is 0.453. The summed E-state index contributed by atoms with van der Waals surface area (Å²) < 4.78 is 0. The normalized spacial score (nSPS) is 15.1. The predicted molar refractivity (Wildman–Crippen MR) is 42.0 cm³/mol. The Morgan fingerprint density at radius 2 is 1.21 bits per heavy atom. The Balaban J connectivity index is 0. The summed E-state index contributed by atoms with van der Waals surface area (Å²) in [4.78, 5) is 20.3. The third kappa shape index (κ3) is 4.94. The minimum atomic E-state index is -1.44. The largest absolute Gasteiger partial charge is 1.00 e. The third-order valence-corrected chi connectivity index (χ3v) is 3.68. The van der Waals surface area contributed by atoms with Crippen molar-refractivity contribution in [3.63, 3.8) is 0 Å². The summed E-state index contributed by atoms with van der Waals surface area (Å²) in [5.41, 5.74) is 0. The topological polar surface area (TPSA) is 80.3 Å².